The Morgan fingerprint density at radius 1 is 1.09 bits per heavy atom. The van der Waals surface area contributed by atoms with E-state index < -0.39 is 28.5 Å². The van der Waals surface area contributed by atoms with Gasteiger partial charge < -0.3 is 10.2 Å². The minimum absolute atomic E-state index is 0.0952. The van der Waals surface area contributed by atoms with E-state index in [1.54, 1.807) is 6.92 Å². The highest BCUT2D eigenvalue weighted by Gasteiger charge is 2.30. The Morgan fingerprint density at radius 2 is 1.75 bits per heavy atom. The summed E-state index contributed by atoms with van der Waals surface area (Å²) in [5, 5.41) is 3.19. The van der Waals surface area contributed by atoms with Gasteiger partial charge in [-0.15, -0.1) is 0 Å². The highest BCUT2D eigenvalue weighted by molar-refractivity contribution is 7.92. The lowest BCUT2D eigenvalue weighted by Gasteiger charge is -2.31. The Labute approximate surface area is 199 Å². The number of amides is 2. The minimum Gasteiger partial charge on any atom is -0.354 e. The lowest BCUT2D eigenvalue weighted by atomic mass is 10.1. The van der Waals surface area contributed by atoms with Crippen LogP contribution < -0.4 is 9.62 Å². The van der Waals surface area contributed by atoms with Crippen LogP contribution in [-0.4, -0.2) is 50.5 Å². The third-order valence-corrected chi connectivity index (χ3v) is 6.45. The van der Waals surface area contributed by atoms with Crippen LogP contribution in [0, 0.1) is 0 Å². The van der Waals surface area contributed by atoms with Crippen LogP contribution in [0.2, 0.25) is 10.0 Å². The van der Waals surface area contributed by atoms with Crippen LogP contribution in [0.15, 0.2) is 48.5 Å². The molecule has 0 bridgehead atoms. The topological polar surface area (TPSA) is 86.8 Å². The summed E-state index contributed by atoms with van der Waals surface area (Å²) in [4.78, 5) is 27.3. The molecule has 0 fully saturated rings. The monoisotopic (exact) mass is 499 g/mol. The molecule has 0 saturated carbocycles. The summed E-state index contributed by atoms with van der Waals surface area (Å²) in [6, 6.07) is 12.7. The van der Waals surface area contributed by atoms with Gasteiger partial charge >= 0.3 is 0 Å². The number of carbonyl (C=O) groups is 2. The molecule has 32 heavy (non-hydrogen) atoms. The first-order valence-electron chi connectivity index (χ1n) is 10.1. The summed E-state index contributed by atoms with van der Waals surface area (Å²) < 4.78 is 26.0. The number of rotatable bonds is 10. The number of anilines is 1. The molecule has 0 saturated heterocycles. The fraction of sp³-hybridized carbons (Fsp3) is 0.364. The van der Waals surface area contributed by atoms with Gasteiger partial charge in [0.2, 0.25) is 21.8 Å². The van der Waals surface area contributed by atoms with Gasteiger partial charge in [-0.05, 0) is 37.1 Å². The molecule has 2 aromatic carbocycles. The summed E-state index contributed by atoms with van der Waals surface area (Å²) in [6.45, 7) is 3.63. The zero-order valence-electron chi connectivity index (χ0n) is 18.2. The number of nitrogens with one attached hydrogen (secondary N) is 1. The zero-order chi connectivity index (χ0) is 23.9. The van der Waals surface area contributed by atoms with Crippen LogP contribution in [0.3, 0.4) is 0 Å². The molecular weight excluding hydrogens is 473 g/mol. The number of hydrogen-bond donors (Lipinski definition) is 1. The van der Waals surface area contributed by atoms with E-state index in [2.05, 4.69) is 5.32 Å². The predicted octanol–water partition coefficient (Wildman–Crippen LogP) is 3.70. The predicted molar refractivity (Wildman–Crippen MR) is 128 cm³/mol. The lowest BCUT2D eigenvalue weighted by Crippen LogP contribution is -2.51. The molecule has 2 aromatic rings. The van der Waals surface area contributed by atoms with Crippen molar-refractivity contribution in [2.24, 2.45) is 0 Å². The van der Waals surface area contributed by atoms with Crippen molar-refractivity contribution < 1.29 is 18.0 Å². The van der Waals surface area contributed by atoms with E-state index >= 15 is 0 Å². The van der Waals surface area contributed by atoms with Crippen molar-refractivity contribution in [2.45, 2.75) is 32.9 Å². The molecule has 1 N–H and O–H groups in total. The van der Waals surface area contributed by atoms with Crippen molar-refractivity contribution in [1.29, 1.82) is 0 Å². The molecule has 2 amide bonds. The quantitative estimate of drug-likeness (QED) is 0.539. The van der Waals surface area contributed by atoms with Gasteiger partial charge in [-0.3, -0.25) is 13.9 Å². The van der Waals surface area contributed by atoms with Crippen LogP contribution in [0.5, 0.6) is 0 Å². The van der Waals surface area contributed by atoms with Crippen molar-refractivity contribution in [3.63, 3.8) is 0 Å². The third kappa shape index (κ3) is 7.12. The van der Waals surface area contributed by atoms with E-state index in [9.17, 15) is 18.0 Å². The first-order chi connectivity index (χ1) is 15.0. The maximum Gasteiger partial charge on any atom is 0.244 e. The minimum atomic E-state index is -3.88. The van der Waals surface area contributed by atoms with Gasteiger partial charge in [0.15, 0.2) is 0 Å². The molecule has 0 heterocycles. The fourth-order valence-corrected chi connectivity index (χ4v) is 4.32. The molecule has 0 aliphatic heterocycles. The Bertz CT molecular complexity index is 1050. The Balaban J connectivity index is 2.39. The van der Waals surface area contributed by atoms with Gasteiger partial charge in [0.1, 0.15) is 12.6 Å². The molecule has 2 rings (SSSR count). The number of nitrogens with zero attached hydrogens (tertiary/aromatic N) is 2. The Kier molecular flexibility index (Phi) is 9.36. The van der Waals surface area contributed by atoms with E-state index in [0.717, 1.165) is 22.5 Å². The second-order valence-electron chi connectivity index (χ2n) is 7.34. The molecule has 0 spiro atoms. The lowest BCUT2D eigenvalue weighted by molar-refractivity contribution is -0.139. The van der Waals surface area contributed by atoms with Crippen LogP contribution in [-0.2, 0) is 26.2 Å². The molecule has 10 heteroatoms. The average molecular weight is 500 g/mol. The van der Waals surface area contributed by atoms with Crippen molar-refractivity contribution >= 4 is 50.7 Å². The highest BCUT2D eigenvalue weighted by atomic mass is 35.5. The van der Waals surface area contributed by atoms with Gasteiger partial charge in [0, 0.05) is 18.1 Å². The van der Waals surface area contributed by atoms with Crippen LogP contribution in [0.25, 0.3) is 0 Å². The standard InChI is InChI=1S/C22H27Cl2N3O4S/c1-4-12-25-22(29)16(2)26(14-17-8-6-5-7-9-17)21(28)15-27(32(3,30)31)20-13-18(23)10-11-19(20)24/h5-11,13,16H,4,12,14-15H2,1-3H3,(H,25,29)/t16-/m0/s1. The van der Waals surface area contributed by atoms with Crippen molar-refractivity contribution in [2.75, 3.05) is 23.7 Å². The smallest absolute Gasteiger partial charge is 0.244 e. The second kappa shape index (κ2) is 11.5. The van der Waals surface area contributed by atoms with E-state index in [-0.39, 0.29) is 28.2 Å². The number of halogens is 2. The normalized spacial score (nSPS) is 12.2. The molecule has 0 radical (unpaired) electrons. The van der Waals surface area contributed by atoms with E-state index in [1.807, 2.05) is 37.3 Å². The number of hydrogen-bond acceptors (Lipinski definition) is 4. The molecule has 0 aromatic heterocycles. The van der Waals surface area contributed by atoms with Gasteiger partial charge in [-0.2, -0.15) is 0 Å². The Hall–Kier alpha value is -2.29. The molecular formula is C22H27Cl2N3O4S. The Morgan fingerprint density at radius 3 is 2.34 bits per heavy atom. The van der Waals surface area contributed by atoms with Crippen molar-refractivity contribution in [3.8, 4) is 0 Å². The van der Waals surface area contributed by atoms with E-state index in [4.69, 9.17) is 23.2 Å². The largest absolute Gasteiger partial charge is 0.354 e. The van der Waals surface area contributed by atoms with Crippen LogP contribution >= 0.6 is 23.2 Å². The van der Waals surface area contributed by atoms with Gasteiger partial charge in [0.05, 0.1) is 17.0 Å². The summed E-state index contributed by atoms with van der Waals surface area (Å²) in [7, 11) is -3.88. The SMILES string of the molecule is CCCNC(=O)[C@H](C)N(Cc1ccccc1)C(=O)CN(c1cc(Cl)ccc1Cl)S(C)(=O)=O. The number of carbonyl (C=O) groups excluding carboxylic acids is 2. The van der Waals surface area contributed by atoms with Gasteiger partial charge in [0.25, 0.3) is 0 Å². The zero-order valence-corrected chi connectivity index (χ0v) is 20.5. The first kappa shape index (κ1) is 26.0. The second-order valence-corrected chi connectivity index (χ2v) is 10.1. The molecule has 0 unspecified atom stereocenters. The number of sulfonamides is 1. The first-order valence-corrected chi connectivity index (χ1v) is 12.7. The van der Waals surface area contributed by atoms with E-state index in [0.29, 0.717) is 6.54 Å². The van der Waals surface area contributed by atoms with Crippen molar-refractivity contribution in [1.82, 2.24) is 10.2 Å². The maximum absolute atomic E-state index is 13.4. The van der Waals surface area contributed by atoms with Crippen LogP contribution in [0.4, 0.5) is 5.69 Å². The molecule has 0 aliphatic rings. The molecule has 1 atom stereocenters. The van der Waals surface area contributed by atoms with E-state index in [1.165, 1.54) is 23.1 Å². The van der Waals surface area contributed by atoms with Gasteiger partial charge in [-0.1, -0.05) is 60.5 Å². The van der Waals surface area contributed by atoms with Crippen LogP contribution in [0.1, 0.15) is 25.8 Å². The van der Waals surface area contributed by atoms with Gasteiger partial charge in [-0.25, -0.2) is 8.42 Å². The summed E-state index contributed by atoms with van der Waals surface area (Å²) >= 11 is 12.2. The molecule has 7 nitrogen and oxygen atoms in total. The summed E-state index contributed by atoms with van der Waals surface area (Å²) in [5.74, 6) is -0.864. The summed E-state index contributed by atoms with van der Waals surface area (Å²) in [6.07, 6.45) is 1.73. The highest BCUT2D eigenvalue weighted by Crippen LogP contribution is 2.30. The van der Waals surface area contributed by atoms with Crippen molar-refractivity contribution in [3.05, 3.63) is 64.1 Å². The number of benzene rings is 2. The average Bonchev–Trinajstić information content (AvgIpc) is 2.75. The maximum atomic E-state index is 13.4. The summed E-state index contributed by atoms with van der Waals surface area (Å²) in [5.41, 5.74) is 0.903. The molecule has 174 valence electrons. The third-order valence-electron chi connectivity index (χ3n) is 4.77. The fourth-order valence-electron chi connectivity index (χ4n) is 3.03. The molecule has 0 aliphatic carbocycles.